The van der Waals surface area contributed by atoms with Gasteiger partial charge in [-0.15, -0.1) is 0 Å². The Balaban J connectivity index is 1.64. The molecule has 3 rings (SSSR count). The van der Waals surface area contributed by atoms with E-state index in [4.69, 9.17) is 18.3 Å². The van der Waals surface area contributed by atoms with Gasteiger partial charge < -0.3 is 33.7 Å². The average Bonchev–Trinajstić information content (AvgIpc) is 3.51. The van der Waals surface area contributed by atoms with E-state index < -0.39 is 29.6 Å². The monoisotopic (exact) mass is 500 g/mol. The highest BCUT2D eigenvalue weighted by atomic mass is 16.6. The molecule has 0 unspecified atom stereocenters. The van der Waals surface area contributed by atoms with Crippen molar-refractivity contribution in [2.24, 2.45) is 0 Å². The molecule has 0 aliphatic rings. The van der Waals surface area contributed by atoms with Crippen LogP contribution in [0.2, 0.25) is 0 Å². The number of carbonyl (C=O) groups is 3. The Labute approximate surface area is 207 Å². The third kappa shape index (κ3) is 7.94. The van der Waals surface area contributed by atoms with Crippen LogP contribution in [0.25, 0.3) is 0 Å². The number of hydrogen-bond donors (Lipinski definition) is 2. The molecule has 0 bridgehead atoms. The van der Waals surface area contributed by atoms with Crippen LogP contribution in [0.5, 0.6) is 0 Å². The molecule has 2 N–H and O–H groups in total. The molecular weight excluding hydrogens is 472 g/mol. The molecule has 2 amide bonds. The summed E-state index contributed by atoms with van der Waals surface area (Å²) in [5.74, 6) is -1.13. The van der Waals surface area contributed by atoms with Crippen molar-refractivity contribution in [1.29, 1.82) is 0 Å². The summed E-state index contributed by atoms with van der Waals surface area (Å²) in [5.41, 5.74) is 0.191. The van der Waals surface area contributed by atoms with Crippen LogP contribution >= 0.6 is 0 Å². The van der Waals surface area contributed by atoms with E-state index in [-0.39, 0.29) is 42.9 Å². The predicted molar refractivity (Wildman–Crippen MR) is 124 cm³/mol. The Morgan fingerprint density at radius 2 is 1.75 bits per heavy atom. The molecule has 0 aliphatic carbocycles. The Kier molecular flexibility index (Phi) is 8.79. The fraction of sp³-hybridized carbons (Fsp3) is 0.375. The van der Waals surface area contributed by atoms with Crippen molar-refractivity contribution in [3.05, 3.63) is 71.6 Å². The number of rotatable bonds is 10. The van der Waals surface area contributed by atoms with Gasteiger partial charge >= 0.3 is 12.1 Å². The van der Waals surface area contributed by atoms with E-state index >= 15 is 0 Å². The van der Waals surface area contributed by atoms with Crippen molar-refractivity contribution in [3.8, 4) is 0 Å². The Morgan fingerprint density at radius 3 is 2.44 bits per heavy atom. The van der Waals surface area contributed by atoms with E-state index in [9.17, 15) is 14.4 Å². The van der Waals surface area contributed by atoms with Crippen molar-refractivity contribution in [1.82, 2.24) is 20.6 Å². The highest BCUT2D eigenvalue weighted by molar-refractivity contribution is 5.92. The highest BCUT2D eigenvalue weighted by Gasteiger charge is 2.25. The number of aromatic nitrogens is 2. The summed E-state index contributed by atoms with van der Waals surface area (Å²) in [6.07, 6.45) is 1.64. The molecule has 0 saturated carbocycles. The third-order valence-electron chi connectivity index (χ3n) is 4.48. The van der Waals surface area contributed by atoms with Gasteiger partial charge in [0.2, 0.25) is 11.8 Å². The zero-order valence-corrected chi connectivity index (χ0v) is 20.4. The third-order valence-corrected chi connectivity index (χ3v) is 4.48. The number of hydrogen-bond acceptors (Lipinski definition) is 10. The number of ether oxygens (including phenoxy) is 3. The number of oxazole rings is 2. The molecule has 2 heterocycles. The lowest BCUT2D eigenvalue weighted by Gasteiger charge is -2.19. The number of methoxy groups -OCH3 is 1. The van der Waals surface area contributed by atoms with Crippen LogP contribution in [0, 0.1) is 0 Å². The van der Waals surface area contributed by atoms with E-state index in [1.807, 2.05) is 30.3 Å². The first kappa shape index (κ1) is 26.4. The minimum absolute atomic E-state index is 0.00727. The molecule has 36 heavy (non-hydrogen) atoms. The predicted octanol–water partition coefficient (Wildman–Crippen LogP) is 3.16. The first-order valence-electron chi connectivity index (χ1n) is 11.0. The van der Waals surface area contributed by atoms with E-state index in [1.54, 1.807) is 20.8 Å². The summed E-state index contributed by atoms with van der Waals surface area (Å²) in [4.78, 5) is 44.6. The molecule has 0 radical (unpaired) electrons. The first-order chi connectivity index (χ1) is 17.1. The molecule has 1 atom stereocenters. The van der Waals surface area contributed by atoms with E-state index in [0.29, 0.717) is 0 Å². The topological polar surface area (TPSA) is 155 Å². The molecule has 0 fully saturated rings. The lowest BCUT2D eigenvalue weighted by molar-refractivity contribution is 0.0517. The second kappa shape index (κ2) is 12.0. The summed E-state index contributed by atoms with van der Waals surface area (Å²) in [7, 11) is 1.22. The Hall–Kier alpha value is -4.19. The lowest BCUT2D eigenvalue weighted by atomic mass is 10.2. The van der Waals surface area contributed by atoms with Gasteiger partial charge in [-0.05, 0) is 26.3 Å². The zero-order chi connectivity index (χ0) is 26.1. The van der Waals surface area contributed by atoms with Gasteiger partial charge in [0.15, 0.2) is 11.4 Å². The van der Waals surface area contributed by atoms with Crippen LogP contribution in [0.15, 0.2) is 51.7 Å². The Morgan fingerprint density at radius 1 is 1.03 bits per heavy atom. The van der Waals surface area contributed by atoms with Gasteiger partial charge in [0.25, 0.3) is 5.91 Å². The van der Waals surface area contributed by atoms with E-state index in [0.717, 1.165) is 18.1 Å². The van der Waals surface area contributed by atoms with Crippen molar-refractivity contribution < 1.29 is 37.4 Å². The zero-order valence-electron chi connectivity index (χ0n) is 20.4. The number of esters is 1. The summed E-state index contributed by atoms with van der Waals surface area (Å²) in [6.45, 7) is 5.41. The second-order valence-corrected chi connectivity index (χ2v) is 8.57. The van der Waals surface area contributed by atoms with Crippen LogP contribution in [-0.2, 0) is 27.4 Å². The van der Waals surface area contributed by atoms with Crippen LogP contribution in [0.1, 0.15) is 65.1 Å². The second-order valence-electron chi connectivity index (χ2n) is 8.57. The van der Waals surface area contributed by atoms with Crippen LogP contribution in [-0.4, -0.2) is 47.3 Å². The van der Waals surface area contributed by atoms with Crippen molar-refractivity contribution in [3.63, 3.8) is 0 Å². The SMILES string of the molecule is COC(=O)c1coc([C@H](COCc2ccccc2)NC(=O)c2coc(CNC(=O)OC(C)(C)C)n2)n1. The number of nitrogens with zero attached hydrogens (tertiary/aromatic N) is 2. The minimum atomic E-state index is -0.848. The quantitative estimate of drug-likeness (QED) is 0.397. The molecule has 1 aromatic carbocycles. The number of benzene rings is 1. The van der Waals surface area contributed by atoms with Crippen LogP contribution < -0.4 is 10.6 Å². The van der Waals surface area contributed by atoms with Gasteiger partial charge in [0.05, 0.1) is 26.9 Å². The summed E-state index contributed by atoms with van der Waals surface area (Å²) in [5, 5.41) is 5.21. The van der Waals surface area contributed by atoms with Gasteiger partial charge in [-0.2, -0.15) is 0 Å². The highest BCUT2D eigenvalue weighted by Crippen LogP contribution is 2.16. The molecule has 0 spiro atoms. The molecule has 12 nitrogen and oxygen atoms in total. The first-order valence-corrected chi connectivity index (χ1v) is 11.0. The van der Waals surface area contributed by atoms with Gasteiger partial charge in [-0.1, -0.05) is 30.3 Å². The van der Waals surface area contributed by atoms with Gasteiger partial charge in [-0.25, -0.2) is 19.6 Å². The maximum absolute atomic E-state index is 12.8. The lowest BCUT2D eigenvalue weighted by Crippen LogP contribution is -2.33. The molecule has 3 aromatic rings. The molecule has 12 heteroatoms. The molecule has 192 valence electrons. The fourth-order valence-electron chi connectivity index (χ4n) is 2.88. The molecule has 2 aromatic heterocycles. The van der Waals surface area contributed by atoms with Crippen LogP contribution in [0.4, 0.5) is 4.79 Å². The normalized spacial score (nSPS) is 12.0. The van der Waals surface area contributed by atoms with E-state index in [1.165, 1.54) is 7.11 Å². The van der Waals surface area contributed by atoms with Crippen LogP contribution in [0.3, 0.4) is 0 Å². The summed E-state index contributed by atoms with van der Waals surface area (Å²) < 4.78 is 26.2. The molecular formula is C24H28N4O8. The fourth-order valence-corrected chi connectivity index (χ4v) is 2.88. The number of amides is 2. The largest absolute Gasteiger partial charge is 0.464 e. The van der Waals surface area contributed by atoms with Gasteiger partial charge in [-0.3, -0.25) is 4.79 Å². The maximum Gasteiger partial charge on any atom is 0.408 e. The van der Waals surface area contributed by atoms with Gasteiger partial charge in [0, 0.05) is 0 Å². The standard InChI is InChI=1S/C24H28N4O8/c1-24(2,3)36-23(31)25-10-19-26-16(13-34-19)20(29)27-17(12-33-11-15-8-6-5-7-9-15)21-28-18(14-35-21)22(30)32-4/h5-9,13-14,17H,10-12H2,1-4H3,(H,25,31)(H,27,29)/t17-/m0/s1. The van der Waals surface area contributed by atoms with E-state index in [2.05, 4.69) is 25.3 Å². The number of nitrogens with one attached hydrogen (secondary N) is 2. The van der Waals surface area contributed by atoms with Crippen molar-refractivity contribution in [2.45, 2.75) is 45.6 Å². The summed E-state index contributed by atoms with van der Waals surface area (Å²) >= 11 is 0. The summed E-state index contributed by atoms with van der Waals surface area (Å²) in [6, 6.07) is 8.61. The van der Waals surface area contributed by atoms with Crippen molar-refractivity contribution in [2.75, 3.05) is 13.7 Å². The Bertz CT molecular complexity index is 1170. The number of carbonyl (C=O) groups excluding carboxylic acids is 3. The maximum atomic E-state index is 12.8. The molecule has 0 saturated heterocycles. The van der Waals surface area contributed by atoms with Gasteiger partial charge in [0.1, 0.15) is 24.2 Å². The average molecular weight is 501 g/mol. The smallest absolute Gasteiger partial charge is 0.408 e. The number of alkyl carbamates (subject to hydrolysis) is 1. The minimum Gasteiger partial charge on any atom is -0.464 e. The molecule has 0 aliphatic heterocycles. The van der Waals surface area contributed by atoms with Crippen molar-refractivity contribution >= 4 is 18.0 Å².